The Balaban J connectivity index is 1.78. The highest BCUT2D eigenvalue weighted by Crippen LogP contribution is 2.31. The molecule has 3 heterocycles. The van der Waals surface area contributed by atoms with Gasteiger partial charge in [0.2, 0.25) is 0 Å². The van der Waals surface area contributed by atoms with Crippen LogP contribution in [0.1, 0.15) is 12.1 Å². The molecule has 0 aliphatic carbocycles. The molecule has 0 radical (unpaired) electrons. The van der Waals surface area contributed by atoms with E-state index in [0.29, 0.717) is 12.8 Å². The number of hydrogen-bond acceptors (Lipinski definition) is 3. The van der Waals surface area contributed by atoms with E-state index in [1.54, 1.807) is 0 Å². The summed E-state index contributed by atoms with van der Waals surface area (Å²) in [6, 6.07) is 12.6. The summed E-state index contributed by atoms with van der Waals surface area (Å²) < 4.78 is 2.20. The maximum absolute atomic E-state index is 10.5. The molecule has 0 N–H and O–H groups in total. The molecule has 118 valence electrons. The lowest BCUT2D eigenvalue weighted by atomic mass is 10.0. The van der Waals surface area contributed by atoms with Crippen molar-refractivity contribution in [2.75, 3.05) is 0 Å². The van der Waals surface area contributed by atoms with Gasteiger partial charge in [-0.3, -0.25) is 9.97 Å². The van der Waals surface area contributed by atoms with Crippen molar-refractivity contribution in [2.24, 2.45) is 7.05 Å². The van der Waals surface area contributed by atoms with E-state index in [2.05, 4.69) is 45.8 Å². The first-order valence-electron chi connectivity index (χ1n) is 7.99. The van der Waals surface area contributed by atoms with Gasteiger partial charge >= 0.3 is 0 Å². The number of hydrogen-bond donors (Lipinski definition) is 0. The number of fused-ring (bicyclic) bond motifs is 3. The lowest BCUT2D eigenvalue weighted by molar-refractivity contribution is -0.107. The summed E-state index contributed by atoms with van der Waals surface area (Å²) in [6.45, 7) is 0. The first kappa shape index (κ1) is 14.6. The lowest BCUT2D eigenvalue weighted by Gasteiger charge is -2.05. The van der Waals surface area contributed by atoms with Crippen LogP contribution in [0.25, 0.3) is 32.9 Å². The molecule has 0 saturated carbocycles. The fraction of sp³-hybridized carbons (Fsp3) is 0.150. The smallest absolute Gasteiger partial charge is 0.120 e. The maximum Gasteiger partial charge on any atom is 0.120 e. The second-order valence-electron chi connectivity index (χ2n) is 5.93. The molecule has 3 aromatic heterocycles. The lowest BCUT2D eigenvalue weighted by Crippen LogP contribution is -1.91. The molecule has 0 fully saturated rings. The number of aromatic nitrogens is 3. The highest BCUT2D eigenvalue weighted by Gasteiger charge is 2.09. The number of pyridine rings is 2. The Morgan fingerprint density at radius 1 is 1.00 bits per heavy atom. The summed E-state index contributed by atoms with van der Waals surface area (Å²) in [5, 5.41) is 2.38. The van der Waals surface area contributed by atoms with Crippen LogP contribution in [-0.4, -0.2) is 20.8 Å². The normalized spacial score (nSPS) is 11.2. The van der Waals surface area contributed by atoms with Crippen LogP contribution in [0.5, 0.6) is 0 Å². The Bertz CT molecular complexity index is 1030. The molecule has 1 aromatic carbocycles. The number of benzene rings is 1. The third-order valence-electron chi connectivity index (χ3n) is 4.49. The van der Waals surface area contributed by atoms with E-state index in [1.165, 1.54) is 21.8 Å². The van der Waals surface area contributed by atoms with Gasteiger partial charge in [0.1, 0.15) is 6.29 Å². The van der Waals surface area contributed by atoms with Crippen LogP contribution in [0.15, 0.2) is 55.0 Å². The molecule has 4 rings (SSSR count). The first-order chi connectivity index (χ1) is 11.8. The van der Waals surface area contributed by atoms with Crippen molar-refractivity contribution in [1.29, 1.82) is 0 Å². The summed E-state index contributed by atoms with van der Waals surface area (Å²) in [7, 11) is 2.08. The van der Waals surface area contributed by atoms with Crippen molar-refractivity contribution >= 4 is 28.1 Å². The highest BCUT2D eigenvalue weighted by atomic mass is 16.1. The van der Waals surface area contributed by atoms with Gasteiger partial charge in [-0.05, 0) is 30.2 Å². The molecular formula is C20H17N3O. The van der Waals surface area contributed by atoms with Crippen molar-refractivity contribution in [1.82, 2.24) is 14.5 Å². The Hall–Kier alpha value is -3.01. The molecule has 0 saturated heterocycles. The monoisotopic (exact) mass is 315 g/mol. The fourth-order valence-electron chi connectivity index (χ4n) is 3.18. The number of aryl methyl sites for hydroxylation is 2. The van der Waals surface area contributed by atoms with Gasteiger partial charge < -0.3 is 9.36 Å². The van der Waals surface area contributed by atoms with Crippen molar-refractivity contribution in [2.45, 2.75) is 12.8 Å². The Labute approximate surface area is 139 Å². The molecule has 0 atom stereocenters. The zero-order valence-corrected chi connectivity index (χ0v) is 13.4. The molecular weight excluding hydrogens is 298 g/mol. The average Bonchev–Trinajstić information content (AvgIpc) is 2.93. The van der Waals surface area contributed by atoms with Gasteiger partial charge in [0.05, 0.1) is 5.52 Å². The van der Waals surface area contributed by atoms with E-state index < -0.39 is 0 Å². The second kappa shape index (κ2) is 5.89. The van der Waals surface area contributed by atoms with Crippen LogP contribution < -0.4 is 0 Å². The van der Waals surface area contributed by atoms with Crippen molar-refractivity contribution < 1.29 is 4.79 Å². The number of nitrogens with zero attached hydrogens (tertiary/aromatic N) is 3. The summed E-state index contributed by atoms with van der Waals surface area (Å²) >= 11 is 0. The van der Waals surface area contributed by atoms with Gasteiger partial charge in [0.25, 0.3) is 0 Å². The molecule has 0 aliphatic heterocycles. The third-order valence-corrected chi connectivity index (χ3v) is 4.49. The quantitative estimate of drug-likeness (QED) is 0.536. The Kier molecular flexibility index (Phi) is 3.58. The van der Waals surface area contributed by atoms with Crippen LogP contribution >= 0.6 is 0 Å². The van der Waals surface area contributed by atoms with Crippen molar-refractivity contribution in [3.05, 3.63) is 60.7 Å². The minimum absolute atomic E-state index is 0.516. The zero-order valence-electron chi connectivity index (χ0n) is 13.4. The zero-order chi connectivity index (χ0) is 16.5. The number of carbonyl (C=O) groups is 1. The number of rotatable bonds is 4. The molecule has 24 heavy (non-hydrogen) atoms. The predicted octanol–water partition coefficient (Wildman–Crippen LogP) is 3.92. The minimum Gasteiger partial charge on any atom is -0.343 e. The highest BCUT2D eigenvalue weighted by molar-refractivity contribution is 6.08. The number of carbonyl (C=O) groups excluding carboxylic acids is 1. The topological polar surface area (TPSA) is 47.8 Å². The SMILES string of the molecule is Cn1c2ccncc2c2ccc(-c3ccc(CCC=O)nc3)cc21. The molecule has 0 aliphatic rings. The summed E-state index contributed by atoms with van der Waals surface area (Å²) in [4.78, 5) is 19.2. The van der Waals surface area contributed by atoms with E-state index in [4.69, 9.17) is 0 Å². The van der Waals surface area contributed by atoms with Crippen LogP contribution in [0, 0.1) is 0 Å². The maximum atomic E-state index is 10.5. The van der Waals surface area contributed by atoms with Gasteiger partial charge in [0, 0.05) is 59.6 Å². The van der Waals surface area contributed by atoms with Gasteiger partial charge in [0.15, 0.2) is 0 Å². The molecule has 4 nitrogen and oxygen atoms in total. The predicted molar refractivity (Wildman–Crippen MR) is 95.8 cm³/mol. The molecule has 4 heteroatoms. The third kappa shape index (κ3) is 2.36. The van der Waals surface area contributed by atoms with E-state index in [9.17, 15) is 4.79 Å². The largest absolute Gasteiger partial charge is 0.343 e. The molecule has 0 bridgehead atoms. The molecule has 0 spiro atoms. The number of aldehydes is 1. The summed E-state index contributed by atoms with van der Waals surface area (Å²) in [5.41, 5.74) is 5.52. The Morgan fingerprint density at radius 2 is 1.88 bits per heavy atom. The van der Waals surface area contributed by atoms with Crippen LogP contribution in [0.3, 0.4) is 0 Å². The van der Waals surface area contributed by atoms with Crippen LogP contribution in [0.2, 0.25) is 0 Å². The van der Waals surface area contributed by atoms with Gasteiger partial charge in [-0.2, -0.15) is 0 Å². The fourth-order valence-corrected chi connectivity index (χ4v) is 3.18. The molecule has 4 aromatic rings. The second-order valence-corrected chi connectivity index (χ2v) is 5.93. The first-order valence-corrected chi connectivity index (χ1v) is 7.99. The van der Waals surface area contributed by atoms with Crippen molar-refractivity contribution in [3.8, 4) is 11.1 Å². The van der Waals surface area contributed by atoms with Gasteiger partial charge in [-0.25, -0.2) is 0 Å². The average molecular weight is 315 g/mol. The molecule has 0 unspecified atom stereocenters. The minimum atomic E-state index is 0.516. The van der Waals surface area contributed by atoms with Crippen molar-refractivity contribution in [3.63, 3.8) is 0 Å². The van der Waals surface area contributed by atoms with Gasteiger partial charge in [-0.1, -0.05) is 18.2 Å². The van der Waals surface area contributed by atoms with E-state index in [1.807, 2.05) is 30.7 Å². The summed E-state index contributed by atoms with van der Waals surface area (Å²) in [5.74, 6) is 0. The van der Waals surface area contributed by atoms with Crippen LogP contribution in [-0.2, 0) is 18.3 Å². The van der Waals surface area contributed by atoms with E-state index in [0.717, 1.165) is 23.1 Å². The molecule has 0 amide bonds. The summed E-state index contributed by atoms with van der Waals surface area (Å²) in [6.07, 6.45) is 7.76. The van der Waals surface area contributed by atoms with E-state index in [-0.39, 0.29) is 0 Å². The van der Waals surface area contributed by atoms with Gasteiger partial charge in [-0.15, -0.1) is 0 Å². The Morgan fingerprint density at radius 3 is 2.67 bits per heavy atom. The van der Waals surface area contributed by atoms with Crippen LogP contribution in [0.4, 0.5) is 0 Å². The standard InChI is InChI=1S/C20H17N3O/c1-23-19-8-9-21-13-18(19)17-7-5-14(11-20(17)23)15-4-6-16(22-12-15)3-2-10-24/h4-13H,2-3H2,1H3. The van der Waals surface area contributed by atoms with E-state index >= 15 is 0 Å².